The summed E-state index contributed by atoms with van der Waals surface area (Å²) in [6, 6.07) is 0.435. The molecule has 0 aromatic heterocycles. The van der Waals surface area contributed by atoms with Crippen molar-refractivity contribution in [2.75, 3.05) is 0 Å². The predicted octanol–water partition coefficient (Wildman–Crippen LogP) is 5.28. The van der Waals surface area contributed by atoms with Gasteiger partial charge in [0.25, 0.3) is 0 Å². The van der Waals surface area contributed by atoms with E-state index in [0.29, 0.717) is 12.0 Å². The van der Waals surface area contributed by atoms with Gasteiger partial charge in [0, 0.05) is 6.04 Å². The molecule has 0 radical (unpaired) electrons. The van der Waals surface area contributed by atoms with Gasteiger partial charge < -0.3 is 5.73 Å². The van der Waals surface area contributed by atoms with Crippen molar-refractivity contribution in [1.29, 1.82) is 0 Å². The van der Waals surface area contributed by atoms with Gasteiger partial charge in [0.2, 0.25) is 0 Å². The van der Waals surface area contributed by atoms with Crippen LogP contribution in [0.3, 0.4) is 0 Å². The molecule has 0 aliphatic carbocycles. The summed E-state index contributed by atoms with van der Waals surface area (Å²) >= 11 is 0. The molecule has 1 heteroatoms. The zero-order valence-corrected chi connectivity index (χ0v) is 12.5. The number of unbranched alkanes of at least 4 members (excludes halogenated alkanes) is 8. The van der Waals surface area contributed by atoms with Crippen LogP contribution in [0.25, 0.3) is 0 Å². The summed E-state index contributed by atoms with van der Waals surface area (Å²) in [4.78, 5) is 0. The fraction of sp³-hybridized carbons (Fsp3) is 1.00. The van der Waals surface area contributed by atoms with Gasteiger partial charge in [-0.15, -0.1) is 0 Å². The Morgan fingerprint density at radius 1 is 0.765 bits per heavy atom. The van der Waals surface area contributed by atoms with Crippen molar-refractivity contribution < 1.29 is 0 Å². The lowest BCUT2D eigenvalue weighted by Crippen LogP contribution is -2.27. The fourth-order valence-electron chi connectivity index (χ4n) is 2.28. The van der Waals surface area contributed by atoms with E-state index < -0.39 is 0 Å². The summed E-state index contributed by atoms with van der Waals surface area (Å²) in [7, 11) is 0. The topological polar surface area (TPSA) is 26.0 Å². The summed E-state index contributed by atoms with van der Waals surface area (Å²) in [5.74, 6) is 0.698. The van der Waals surface area contributed by atoms with Gasteiger partial charge in [-0.25, -0.2) is 0 Å². The van der Waals surface area contributed by atoms with Gasteiger partial charge in [-0.05, 0) is 12.3 Å². The van der Waals surface area contributed by atoms with Crippen molar-refractivity contribution in [3.8, 4) is 0 Å². The van der Waals surface area contributed by atoms with Gasteiger partial charge in [0.05, 0.1) is 0 Å². The molecule has 2 N–H and O–H groups in total. The Labute approximate surface area is 110 Å². The summed E-state index contributed by atoms with van der Waals surface area (Å²) in [6.45, 7) is 6.79. The van der Waals surface area contributed by atoms with Crippen molar-refractivity contribution in [1.82, 2.24) is 0 Å². The molecular formula is C16H35N. The van der Waals surface area contributed by atoms with E-state index in [-0.39, 0.29) is 0 Å². The average Bonchev–Trinajstić information content (AvgIpc) is 2.35. The molecule has 0 spiro atoms. The minimum atomic E-state index is 0.435. The first kappa shape index (κ1) is 17.0. The largest absolute Gasteiger partial charge is 0.327 e. The normalized spacial score (nSPS) is 14.8. The van der Waals surface area contributed by atoms with E-state index >= 15 is 0 Å². The van der Waals surface area contributed by atoms with Crippen LogP contribution in [0.1, 0.15) is 91.4 Å². The molecule has 0 aromatic carbocycles. The van der Waals surface area contributed by atoms with Crippen LogP contribution in [0.15, 0.2) is 0 Å². The molecule has 2 unspecified atom stereocenters. The highest BCUT2D eigenvalue weighted by Crippen LogP contribution is 2.14. The highest BCUT2D eigenvalue weighted by Gasteiger charge is 2.09. The highest BCUT2D eigenvalue weighted by molar-refractivity contribution is 4.67. The minimum absolute atomic E-state index is 0.435. The summed E-state index contributed by atoms with van der Waals surface area (Å²) < 4.78 is 0. The summed E-state index contributed by atoms with van der Waals surface area (Å²) in [5, 5.41) is 0. The third-order valence-corrected chi connectivity index (χ3v) is 4.02. The maximum Gasteiger partial charge on any atom is 0.00644 e. The van der Waals surface area contributed by atoms with E-state index in [1.807, 2.05) is 0 Å². The summed E-state index contributed by atoms with van der Waals surface area (Å²) in [5.41, 5.74) is 6.12. The van der Waals surface area contributed by atoms with Crippen molar-refractivity contribution in [2.45, 2.75) is 97.4 Å². The van der Waals surface area contributed by atoms with Gasteiger partial charge in [0.15, 0.2) is 0 Å². The molecule has 0 saturated carbocycles. The molecule has 0 aliphatic rings. The number of hydrogen-bond acceptors (Lipinski definition) is 1. The Hall–Kier alpha value is -0.0400. The quantitative estimate of drug-likeness (QED) is 0.462. The molecule has 0 saturated heterocycles. The van der Waals surface area contributed by atoms with Crippen LogP contribution in [-0.4, -0.2) is 6.04 Å². The second-order valence-electron chi connectivity index (χ2n) is 5.67. The van der Waals surface area contributed by atoms with Crippen molar-refractivity contribution in [3.63, 3.8) is 0 Å². The van der Waals surface area contributed by atoms with Gasteiger partial charge in [-0.1, -0.05) is 85.0 Å². The van der Waals surface area contributed by atoms with Crippen LogP contribution < -0.4 is 5.73 Å². The van der Waals surface area contributed by atoms with E-state index in [1.165, 1.54) is 70.6 Å². The Kier molecular flexibility index (Phi) is 12.4. The lowest BCUT2D eigenvalue weighted by Gasteiger charge is -2.17. The van der Waals surface area contributed by atoms with Crippen LogP contribution in [-0.2, 0) is 0 Å². The van der Waals surface area contributed by atoms with Crippen LogP contribution in [0, 0.1) is 5.92 Å². The molecular weight excluding hydrogens is 206 g/mol. The zero-order valence-electron chi connectivity index (χ0n) is 12.5. The fourth-order valence-corrected chi connectivity index (χ4v) is 2.28. The molecule has 0 heterocycles. The third kappa shape index (κ3) is 10.8. The van der Waals surface area contributed by atoms with Gasteiger partial charge in [-0.2, -0.15) is 0 Å². The third-order valence-electron chi connectivity index (χ3n) is 4.02. The van der Waals surface area contributed by atoms with Crippen LogP contribution in [0.4, 0.5) is 0 Å². The molecule has 0 fully saturated rings. The van der Waals surface area contributed by atoms with Gasteiger partial charge >= 0.3 is 0 Å². The minimum Gasteiger partial charge on any atom is -0.327 e. The number of rotatable bonds is 12. The molecule has 1 nitrogen and oxygen atoms in total. The Morgan fingerprint density at radius 2 is 1.24 bits per heavy atom. The average molecular weight is 241 g/mol. The second kappa shape index (κ2) is 12.4. The molecule has 0 aromatic rings. The Balaban J connectivity index is 3.13. The second-order valence-corrected chi connectivity index (χ2v) is 5.67. The van der Waals surface area contributed by atoms with E-state index in [2.05, 4.69) is 20.8 Å². The molecule has 17 heavy (non-hydrogen) atoms. The Bertz CT molecular complexity index is 144. The first-order valence-electron chi connectivity index (χ1n) is 7.97. The highest BCUT2D eigenvalue weighted by atomic mass is 14.6. The standard InChI is InChI=1S/C16H35N/c1-4-6-7-8-9-10-11-12-13-14-16(17)15(3)5-2/h15-16H,4-14,17H2,1-3H3. The smallest absolute Gasteiger partial charge is 0.00644 e. The Morgan fingerprint density at radius 3 is 1.71 bits per heavy atom. The lowest BCUT2D eigenvalue weighted by atomic mass is 9.94. The maximum absolute atomic E-state index is 6.12. The molecule has 2 atom stereocenters. The molecule has 0 aliphatic heterocycles. The zero-order chi connectivity index (χ0) is 12.9. The first-order chi connectivity index (χ1) is 8.22. The van der Waals surface area contributed by atoms with E-state index in [0.717, 1.165) is 0 Å². The first-order valence-corrected chi connectivity index (χ1v) is 7.97. The van der Waals surface area contributed by atoms with Gasteiger partial charge in [-0.3, -0.25) is 0 Å². The molecule has 0 rings (SSSR count). The van der Waals surface area contributed by atoms with E-state index in [4.69, 9.17) is 5.73 Å². The van der Waals surface area contributed by atoms with Crippen molar-refractivity contribution in [2.24, 2.45) is 11.7 Å². The molecule has 0 amide bonds. The van der Waals surface area contributed by atoms with Crippen molar-refractivity contribution in [3.05, 3.63) is 0 Å². The molecule has 0 bridgehead atoms. The number of nitrogens with two attached hydrogens (primary N) is 1. The monoisotopic (exact) mass is 241 g/mol. The maximum atomic E-state index is 6.12. The lowest BCUT2D eigenvalue weighted by molar-refractivity contribution is 0.403. The predicted molar refractivity (Wildman–Crippen MR) is 79.3 cm³/mol. The van der Waals surface area contributed by atoms with Crippen molar-refractivity contribution >= 4 is 0 Å². The van der Waals surface area contributed by atoms with Crippen LogP contribution >= 0.6 is 0 Å². The van der Waals surface area contributed by atoms with Gasteiger partial charge in [0.1, 0.15) is 0 Å². The number of hydrogen-bond donors (Lipinski definition) is 1. The van der Waals surface area contributed by atoms with Crippen LogP contribution in [0.2, 0.25) is 0 Å². The molecule has 104 valence electrons. The SMILES string of the molecule is CCCCCCCCCCCC(N)C(C)CC. The van der Waals surface area contributed by atoms with Crippen LogP contribution in [0.5, 0.6) is 0 Å². The van der Waals surface area contributed by atoms with E-state index in [9.17, 15) is 0 Å². The summed E-state index contributed by atoms with van der Waals surface area (Å²) in [6.07, 6.45) is 15.1. The van der Waals surface area contributed by atoms with E-state index in [1.54, 1.807) is 0 Å².